The van der Waals surface area contributed by atoms with Crippen molar-refractivity contribution in [3.63, 3.8) is 0 Å². The highest BCUT2D eigenvalue weighted by molar-refractivity contribution is 7.10. The number of anilines is 1. The van der Waals surface area contributed by atoms with Crippen LogP contribution in [-0.2, 0) is 13.0 Å². The van der Waals surface area contributed by atoms with Crippen LogP contribution in [0.15, 0.2) is 17.5 Å². The Balaban J connectivity index is 2.11. The molecule has 0 radical (unpaired) electrons. The summed E-state index contributed by atoms with van der Waals surface area (Å²) in [6, 6.07) is 4.21. The van der Waals surface area contributed by atoms with Gasteiger partial charge in [-0.2, -0.15) is 0 Å². The average molecular weight is 275 g/mol. The fourth-order valence-corrected chi connectivity index (χ4v) is 2.86. The number of nitrogens with one attached hydrogen (secondary N) is 1. The van der Waals surface area contributed by atoms with E-state index in [1.165, 1.54) is 10.4 Å². The minimum Gasteiger partial charge on any atom is -0.365 e. The van der Waals surface area contributed by atoms with E-state index < -0.39 is 0 Å². The molecule has 0 saturated carbocycles. The Morgan fingerprint density at radius 2 is 2.11 bits per heavy atom. The van der Waals surface area contributed by atoms with Crippen LogP contribution in [0.4, 0.5) is 5.82 Å². The van der Waals surface area contributed by atoms with Crippen LogP contribution >= 0.6 is 11.3 Å². The smallest absolute Gasteiger partial charge is 0.133 e. The van der Waals surface area contributed by atoms with Gasteiger partial charge in [0.1, 0.15) is 11.6 Å². The molecule has 0 aromatic carbocycles. The summed E-state index contributed by atoms with van der Waals surface area (Å²) in [6.07, 6.45) is 1.08. The number of nitrogens with zero attached hydrogens (tertiary/aromatic N) is 2. The Morgan fingerprint density at radius 3 is 2.79 bits per heavy atom. The van der Waals surface area contributed by atoms with Gasteiger partial charge < -0.3 is 5.32 Å². The van der Waals surface area contributed by atoms with Crippen molar-refractivity contribution in [3.8, 4) is 0 Å². The third kappa shape index (κ3) is 3.53. The third-order valence-corrected chi connectivity index (χ3v) is 4.00. The van der Waals surface area contributed by atoms with E-state index in [0.717, 1.165) is 30.3 Å². The summed E-state index contributed by atoms with van der Waals surface area (Å²) in [5.41, 5.74) is 2.44. The van der Waals surface area contributed by atoms with E-state index in [0.29, 0.717) is 5.92 Å². The Labute approximate surface area is 119 Å². The topological polar surface area (TPSA) is 37.8 Å². The second kappa shape index (κ2) is 6.15. The summed E-state index contributed by atoms with van der Waals surface area (Å²) in [5.74, 6) is 2.18. The van der Waals surface area contributed by atoms with E-state index in [1.54, 1.807) is 11.3 Å². The predicted molar refractivity (Wildman–Crippen MR) is 81.9 cm³/mol. The molecule has 0 atom stereocenters. The molecule has 3 nitrogen and oxygen atoms in total. The Kier molecular flexibility index (Phi) is 4.53. The van der Waals surface area contributed by atoms with E-state index in [1.807, 2.05) is 13.0 Å². The zero-order chi connectivity index (χ0) is 13.8. The molecule has 2 rings (SSSR count). The zero-order valence-corrected chi connectivity index (χ0v) is 12.8. The Morgan fingerprint density at radius 1 is 1.32 bits per heavy atom. The summed E-state index contributed by atoms with van der Waals surface area (Å²) in [5, 5.41) is 5.57. The third-order valence-electron chi connectivity index (χ3n) is 3.04. The van der Waals surface area contributed by atoms with Crippen molar-refractivity contribution >= 4 is 17.2 Å². The molecular formula is C15H21N3S. The van der Waals surface area contributed by atoms with Gasteiger partial charge >= 0.3 is 0 Å². The summed E-state index contributed by atoms with van der Waals surface area (Å²) in [7, 11) is 0. The van der Waals surface area contributed by atoms with Gasteiger partial charge in [-0.3, -0.25) is 0 Å². The van der Waals surface area contributed by atoms with Crippen molar-refractivity contribution < 1.29 is 0 Å². The maximum absolute atomic E-state index is 4.57. The fraction of sp³-hybridized carbons (Fsp3) is 0.467. The van der Waals surface area contributed by atoms with Gasteiger partial charge in [-0.1, -0.05) is 20.8 Å². The SMILES string of the molecule is CCc1ccsc1CNc1cc(C)nc(C(C)C)n1. The van der Waals surface area contributed by atoms with Crippen molar-refractivity contribution in [3.05, 3.63) is 39.5 Å². The molecule has 2 aromatic rings. The van der Waals surface area contributed by atoms with Crippen LogP contribution in [0.2, 0.25) is 0 Å². The van der Waals surface area contributed by atoms with Crippen LogP contribution in [0.25, 0.3) is 0 Å². The molecule has 0 fully saturated rings. The number of aromatic nitrogens is 2. The summed E-state index contributed by atoms with van der Waals surface area (Å²) in [4.78, 5) is 10.4. The van der Waals surface area contributed by atoms with E-state index in [-0.39, 0.29) is 0 Å². The molecule has 0 aliphatic heterocycles. The van der Waals surface area contributed by atoms with Crippen LogP contribution in [0.1, 0.15) is 48.6 Å². The molecule has 0 saturated heterocycles. The molecule has 102 valence electrons. The first-order chi connectivity index (χ1) is 9.10. The molecular weight excluding hydrogens is 254 g/mol. The van der Waals surface area contributed by atoms with Gasteiger partial charge in [-0.25, -0.2) is 9.97 Å². The first-order valence-corrected chi connectivity index (χ1v) is 7.62. The molecule has 1 N–H and O–H groups in total. The lowest BCUT2D eigenvalue weighted by Gasteiger charge is -2.10. The summed E-state index contributed by atoms with van der Waals surface area (Å²) < 4.78 is 0. The lowest BCUT2D eigenvalue weighted by Crippen LogP contribution is -2.06. The standard InChI is InChI=1S/C15H21N3S/c1-5-12-6-7-19-13(12)9-16-14-8-11(4)17-15(18-14)10(2)3/h6-8,10H,5,9H2,1-4H3,(H,16,17,18). The van der Waals surface area contributed by atoms with E-state index in [4.69, 9.17) is 0 Å². The molecule has 0 unspecified atom stereocenters. The summed E-state index contributed by atoms with van der Waals surface area (Å²) in [6.45, 7) is 9.29. The first-order valence-electron chi connectivity index (χ1n) is 6.74. The minimum absolute atomic E-state index is 0.355. The maximum Gasteiger partial charge on any atom is 0.133 e. The second-order valence-electron chi connectivity index (χ2n) is 4.98. The fourth-order valence-electron chi connectivity index (χ4n) is 1.95. The second-order valence-corrected chi connectivity index (χ2v) is 5.98. The molecule has 0 aliphatic carbocycles. The predicted octanol–water partition coefficient (Wildman–Crippen LogP) is 4.14. The van der Waals surface area contributed by atoms with E-state index in [9.17, 15) is 0 Å². The van der Waals surface area contributed by atoms with Gasteiger partial charge in [-0.05, 0) is 30.4 Å². The highest BCUT2D eigenvalue weighted by atomic mass is 32.1. The quantitative estimate of drug-likeness (QED) is 0.891. The van der Waals surface area contributed by atoms with Gasteiger partial charge in [0.05, 0.1) is 6.54 Å². The average Bonchev–Trinajstić information content (AvgIpc) is 2.83. The van der Waals surface area contributed by atoms with Crippen LogP contribution < -0.4 is 5.32 Å². The Bertz CT molecular complexity index is 546. The lowest BCUT2D eigenvalue weighted by molar-refractivity contribution is 0.766. The van der Waals surface area contributed by atoms with Gasteiger partial charge in [0.2, 0.25) is 0 Å². The van der Waals surface area contributed by atoms with E-state index in [2.05, 4.69) is 47.5 Å². The van der Waals surface area contributed by atoms with Crippen LogP contribution in [0, 0.1) is 6.92 Å². The first kappa shape index (κ1) is 14.0. The zero-order valence-electron chi connectivity index (χ0n) is 12.0. The molecule has 0 spiro atoms. The lowest BCUT2D eigenvalue weighted by atomic mass is 10.2. The van der Waals surface area contributed by atoms with Crippen molar-refractivity contribution in [2.45, 2.75) is 46.6 Å². The van der Waals surface area contributed by atoms with Gasteiger partial charge in [0, 0.05) is 22.6 Å². The van der Waals surface area contributed by atoms with Crippen molar-refractivity contribution in [1.82, 2.24) is 9.97 Å². The normalized spacial score (nSPS) is 11.0. The van der Waals surface area contributed by atoms with E-state index >= 15 is 0 Å². The minimum atomic E-state index is 0.355. The molecule has 0 bridgehead atoms. The van der Waals surface area contributed by atoms with Crippen LogP contribution in [-0.4, -0.2) is 9.97 Å². The highest BCUT2D eigenvalue weighted by Crippen LogP contribution is 2.19. The van der Waals surface area contributed by atoms with Crippen LogP contribution in [0.5, 0.6) is 0 Å². The number of hydrogen-bond acceptors (Lipinski definition) is 4. The van der Waals surface area contributed by atoms with Crippen molar-refractivity contribution in [2.75, 3.05) is 5.32 Å². The molecule has 19 heavy (non-hydrogen) atoms. The molecule has 4 heteroatoms. The maximum atomic E-state index is 4.57. The van der Waals surface area contributed by atoms with Gasteiger partial charge in [-0.15, -0.1) is 11.3 Å². The molecule has 2 heterocycles. The van der Waals surface area contributed by atoms with Gasteiger partial charge in [0.25, 0.3) is 0 Å². The largest absolute Gasteiger partial charge is 0.365 e. The van der Waals surface area contributed by atoms with Gasteiger partial charge in [0.15, 0.2) is 0 Å². The molecule has 2 aromatic heterocycles. The van der Waals surface area contributed by atoms with Crippen molar-refractivity contribution in [1.29, 1.82) is 0 Å². The van der Waals surface area contributed by atoms with Crippen LogP contribution in [0.3, 0.4) is 0 Å². The number of aryl methyl sites for hydroxylation is 2. The number of hydrogen-bond donors (Lipinski definition) is 1. The summed E-state index contributed by atoms with van der Waals surface area (Å²) >= 11 is 1.80. The van der Waals surface area contributed by atoms with Crippen molar-refractivity contribution in [2.24, 2.45) is 0 Å². The number of rotatable bonds is 5. The monoisotopic (exact) mass is 275 g/mol. The molecule has 0 amide bonds. The Hall–Kier alpha value is -1.42. The number of thiophene rings is 1. The molecule has 0 aliphatic rings. The highest BCUT2D eigenvalue weighted by Gasteiger charge is 2.07.